The molecule has 0 atom stereocenters. The molecule has 3 N–H and O–H groups in total. The molecule has 0 saturated carbocycles. The minimum absolute atomic E-state index is 0.201. The maximum absolute atomic E-state index is 6.69. The van der Waals surface area contributed by atoms with Crippen LogP contribution < -0.4 is 5.84 Å². The molecule has 0 saturated heterocycles. The molecule has 0 bridgehead atoms. The number of rotatable bonds is 1. The minimum atomic E-state index is 0.201. The molecule has 1 aromatic heterocycles. The SMILES string of the molecule is N=NC(=NN)c1ccncc1. The third kappa shape index (κ3) is 1.57. The van der Waals surface area contributed by atoms with Crippen molar-refractivity contribution in [1.29, 1.82) is 5.53 Å². The number of aromatic nitrogens is 1. The van der Waals surface area contributed by atoms with Gasteiger partial charge in [-0.15, -0.1) is 5.11 Å². The molecule has 0 aromatic carbocycles. The minimum Gasteiger partial charge on any atom is -0.321 e. The lowest BCUT2D eigenvalue weighted by Crippen LogP contribution is -1.99. The summed E-state index contributed by atoms with van der Waals surface area (Å²) in [5, 5.41) is 6.44. The van der Waals surface area contributed by atoms with Gasteiger partial charge < -0.3 is 5.84 Å². The van der Waals surface area contributed by atoms with Gasteiger partial charge in [0.2, 0.25) is 0 Å². The van der Waals surface area contributed by atoms with E-state index in [1.54, 1.807) is 24.5 Å². The Bertz CT molecular complexity index is 266. The zero-order chi connectivity index (χ0) is 8.10. The Balaban J connectivity index is 3.01. The molecule has 11 heavy (non-hydrogen) atoms. The average Bonchev–Trinajstić information content (AvgIpc) is 2.09. The van der Waals surface area contributed by atoms with Crippen LogP contribution in [0.15, 0.2) is 34.7 Å². The zero-order valence-corrected chi connectivity index (χ0v) is 5.73. The van der Waals surface area contributed by atoms with Crippen LogP contribution in [0.3, 0.4) is 0 Å². The van der Waals surface area contributed by atoms with Crippen LogP contribution in [0.25, 0.3) is 0 Å². The molecule has 0 radical (unpaired) electrons. The summed E-state index contributed by atoms with van der Waals surface area (Å²) in [7, 11) is 0. The molecule has 0 unspecified atom stereocenters. The molecular formula is C6H7N5. The highest BCUT2D eigenvalue weighted by atomic mass is 15.2. The van der Waals surface area contributed by atoms with E-state index in [0.29, 0.717) is 5.56 Å². The monoisotopic (exact) mass is 149 g/mol. The predicted molar refractivity (Wildman–Crippen MR) is 40.1 cm³/mol. The van der Waals surface area contributed by atoms with Crippen LogP contribution >= 0.6 is 0 Å². The lowest BCUT2D eigenvalue weighted by Gasteiger charge is -1.93. The van der Waals surface area contributed by atoms with Crippen molar-refractivity contribution in [2.24, 2.45) is 16.1 Å². The normalized spacial score (nSPS) is 11.1. The summed E-state index contributed by atoms with van der Waals surface area (Å²) < 4.78 is 0. The van der Waals surface area contributed by atoms with E-state index in [2.05, 4.69) is 15.2 Å². The van der Waals surface area contributed by atoms with Gasteiger partial charge in [0.25, 0.3) is 0 Å². The summed E-state index contributed by atoms with van der Waals surface area (Å²) in [5.74, 6) is 5.17. The van der Waals surface area contributed by atoms with Crippen molar-refractivity contribution < 1.29 is 0 Å². The van der Waals surface area contributed by atoms with E-state index in [1.165, 1.54) is 0 Å². The number of nitrogens with zero attached hydrogens (tertiary/aromatic N) is 3. The highest BCUT2D eigenvalue weighted by molar-refractivity contribution is 5.98. The molecule has 5 nitrogen and oxygen atoms in total. The lowest BCUT2D eigenvalue weighted by molar-refractivity contribution is 1.13. The number of hydrazone groups is 1. The second kappa shape index (κ2) is 3.40. The summed E-state index contributed by atoms with van der Waals surface area (Å²) in [6.45, 7) is 0. The Kier molecular flexibility index (Phi) is 2.27. The first kappa shape index (κ1) is 7.33. The molecule has 0 fully saturated rings. The van der Waals surface area contributed by atoms with Crippen LogP contribution in [0.4, 0.5) is 0 Å². The van der Waals surface area contributed by atoms with Crippen molar-refractivity contribution in [3.05, 3.63) is 30.1 Å². The zero-order valence-electron chi connectivity index (χ0n) is 5.73. The number of nitrogens with two attached hydrogens (primary N) is 1. The van der Waals surface area contributed by atoms with Crippen molar-refractivity contribution in [2.45, 2.75) is 0 Å². The fraction of sp³-hybridized carbons (Fsp3) is 0. The molecule has 1 rings (SSSR count). The van der Waals surface area contributed by atoms with Crippen LogP contribution in [0, 0.1) is 5.53 Å². The summed E-state index contributed by atoms with van der Waals surface area (Å²) >= 11 is 0. The molecule has 5 heteroatoms. The molecule has 1 heterocycles. The van der Waals surface area contributed by atoms with Crippen LogP contribution in [0.1, 0.15) is 5.56 Å². The first-order valence-corrected chi connectivity index (χ1v) is 2.94. The van der Waals surface area contributed by atoms with Crippen molar-refractivity contribution in [1.82, 2.24) is 4.98 Å². The fourth-order valence-electron chi connectivity index (χ4n) is 0.669. The second-order valence-corrected chi connectivity index (χ2v) is 1.80. The summed E-state index contributed by atoms with van der Waals surface area (Å²) in [6.07, 6.45) is 3.18. The van der Waals surface area contributed by atoms with Gasteiger partial charge in [0, 0.05) is 18.0 Å². The van der Waals surface area contributed by atoms with Gasteiger partial charge in [-0.2, -0.15) is 5.10 Å². The maximum Gasteiger partial charge on any atom is 0.199 e. The quantitative estimate of drug-likeness (QED) is 0.203. The van der Waals surface area contributed by atoms with E-state index in [-0.39, 0.29) is 5.84 Å². The highest BCUT2D eigenvalue weighted by Crippen LogP contribution is 1.98. The first-order chi connectivity index (χ1) is 5.38. The van der Waals surface area contributed by atoms with Gasteiger partial charge in [-0.3, -0.25) is 4.98 Å². The summed E-state index contributed by atoms with van der Waals surface area (Å²) in [4.78, 5) is 3.80. The lowest BCUT2D eigenvalue weighted by atomic mass is 10.2. The van der Waals surface area contributed by atoms with E-state index in [1.807, 2.05) is 0 Å². The van der Waals surface area contributed by atoms with Crippen molar-refractivity contribution >= 4 is 5.84 Å². The fourth-order valence-corrected chi connectivity index (χ4v) is 0.669. The van der Waals surface area contributed by atoms with Gasteiger partial charge >= 0.3 is 0 Å². The van der Waals surface area contributed by atoms with E-state index >= 15 is 0 Å². The van der Waals surface area contributed by atoms with Gasteiger partial charge in [-0.25, -0.2) is 5.53 Å². The molecule has 0 spiro atoms. The van der Waals surface area contributed by atoms with Gasteiger partial charge in [0.15, 0.2) is 5.84 Å². The largest absolute Gasteiger partial charge is 0.321 e. The maximum atomic E-state index is 6.69. The van der Waals surface area contributed by atoms with E-state index < -0.39 is 0 Å². The number of hydrogen-bond donors (Lipinski definition) is 2. The molecule has 0 aliphatic carbocycles. The molecular weight excluding hydrogens is 142 g/mol. The summed E-state index contributed by atoms with van der Waals surface area (Å²) in [6, 6.07) is 3.37. The van der Waals surface area contributed by atoms with E-state index in [9.17, 15) is 0 Å². The number of nitrogens with one attached hydrogen (secondary N) is 1. The molecule has 1 aromatic rings. The van der Waals surface area contributed by atoms with Crippen LogP contribution in [-0.4, -0.2) is 10.8 Å². The second-order valence-electron chi connectivity index (χ2n) is 1.80. The van der Waals surface area contributed by atoms with Crippen LogP contribution in [0.2, 0.25) is 0 Å². The van der Waals surface area contributed by atoms with Crippen LogP contribution in [-0.2, 0) is 0 Å². The Morgan fingerprint density at radius 1 is 1.45 bits per heavy atom. The smallest absolute Gasteiger partial charge is 0.199 e. The summed E-state index contributed by atoms with van der Waals surface area (Å²) in [5.41, 5.74) is 7.38. The Hall–Kier alpha value is -1.78. The van der Waals surface area contributed by atoms with Gasteiger partial charge in [0.1, 0.15) is 0 Å². The third-order valence-corrected chi connectivity index (χ3v) is 1.17. The van der Waals surface area contributed by atoms with Crippen molar-refractivity contribution in [3.8, 4) is 0 Å². The topological polar surface area (TPSA) is 87.5 Å². The van der Waals surface area contributed by atoms with Crippen molar-refractivity contribution in [2.75, 3.05) is 0 Å². The van der Waals surface area contributed by atoms with E-state index in [4.69, 9.17) is 11.4 Å². The van der Waals surface area contributed by atoms with E-state index in [0.717, 1.165) is 0 Å². The Morgan fingerprint density at radius 2 is 2.09 bits per heavy atom. The standard InChI is InChI=1S/C6H7N5/c7-10-6(11-8)5-1-3-9-4-2-5/h1-4,7H,8H2. The van der Waals surface area contributed by atoms with Gasteiger partial charge in [0.05, 0.1) is 0 Å². The first-order valence-electron chi connectivity index (χ1n) is 2.94. The van der Waals surface area contributed by atoms with Gasteiger partial charge in [-0.1, -0.05) is 0 Å². The van der Waals surface area contributed by atoms with Crippen molar-refractivity contribution in [3.63, 3.8) is 0 Å². The molecule has 0 aliphatic heterocycles. The highest BCUT2D eigenvalue weighted by Gasteiger charge is 1.98. The number of amidine groups is 1. The van der Waals surface area contributed by atoms with Gasteiger partial charge in [-0.05, 0) is 12.1 Å². The predicted octanol–water partition coefficient (Wildman–Crippen LogP) is 0.733. The molecule has 56 valence electrons. The molecule has 0 aliphatic rings. The van der Waals surface area contributed by atoms with Crippen LogP contribution in [0.5, 0.6) is 0 Å². The molecule has 0 amide bonds. The average molecular weight is 149 g/mol. The Morgan fingerprint density at radius 3 is 2.55 bits per heavy atom. The Labute approximate surface area is 63.5 Å². The number of pyridine rings is 1. The number of hydrogen-bond acceptors (Lipinski definition) is 4. The third-order valence-electron chi connectivity index (χ3n) is 1.17.